The Hall–Kier alpha value is -7.52. The van der Waals surface area contributed by atoms with Gasteiger partial charge < -0.3 is 4.90 Å². The summed E-state index contributed by atoms with van der Waals surface area (Å²) in [5, 5.41) is 6.25. The second-order valence-corrected chi connectivity index (χ2v) is 17.1. The molecule has 0 aliphatic heterocycles. The molecule has 1 aliphatic carbocycles. The number of fused-ring (bicyclic) bond motifs is 7. The van der Waals surface area contributed by atoms with Crippen LogP contribution in [-0.4, -0.2) is 0 Å². The maximum atomic E-state index is 2.47. The zero-order valence-corrected chi connectivity index (χ0v) is 34.2. The molecule has 0 unspecified atom stereocenters. The molecular weight excluding hydrogens is 755 g/mol. The summed E-state index contributed by atoms with van der Waals surface area (Å²) in [5.74, 6) is 0. The fourth-order valence-corrected chi connectivity index (χ4v) is 11.2. The lowest BCUT2D eigenvalue weighted by Crippen LogP contribution is -2.28. The molecule has 0 N–H and O–H groups in total. The van der Waals surface area contributed by atoms with Crippen LogP contribution in [0.5, 0.6) is 0 Å². The van der Waals surface area contributed by atoms with E-state index in [1.165, 1.54) is 86.6 Å². The molecule has 1 aliphatic rings. The first-order valence-corrected chi connectivity index (χ1v) is 21.8. The van der Waals surface area contributed by atoms with Gasteiger partial charge in [0.15, 0.2) is 0 Å². The fourth-order valence-electron chi connectivity index (χ4n) is 9.85. The second kappa shape index (κ2) is 14.3. The maximum absolute atomic E-state index is 2.47. The topological polar surface area (TPSA) is 3.24 Å². The Morgan fingerprint density at radius 1 is 0.344 bits per heavy atom. The quantitative estimate of drug-likeness (QED) is 0.155. The molecule has 0 amide bonds. The van der Waals surface area contributed by atoms with Gasteiger partial charge in [-0.2, -0.15) is 0 Å². The van der Waals surface area contributed by atoms with Crippen LogP contribution in [0.3, 0.4) is 0 Å². The summed E-state index contributed by atoms with van der Waals surface area (Å²) in [7, 11) is 0. The Bertz CT molecular complexity index is 3280. The predicted octanol–water partition coefficient (Wildman–Crippen LogP) is 16.4. The minimum atomic E-state index is -0.446. The van der Waals surface area contributed by atoms with Gasteiger partial charge in [0.1, 0.15) is 0 Å². The van der Waals surface area contributed by atoms with E-state index in [9.17, 15) is 0 Å². The van der Waals surface area contributed by atoms with Crippen LogP contribution < -0.4 is 4.90 Å². The van der Waals surface area contributed by atoms with Crippen molar-refractivity contribution in [3.63, 3.8) is 0 Å². The highest BCUT2D eigenvalue weighted by Gasteiger charge is 2.48. The summed E-state index contributed by atoms with van der Waals surface area (Å²) in [5.41, 5.74) is 14.4. The van der Waals surface area contributed by atoms with Crippen molar-refractivity contribution in [1.29, 1.82) is 0 Å². The summed E-state index contributed by atoms with van der Waals surface area (Å²) >= 11 is 1.92. The van der Waals surface area contributed by atoms with Crippen molar-refractivity contribution in [2.45, 2.75) is 5.41 Å². The monoisotopic (exact) mass is 793 g/mol. The van der Waals surface area contributed by atoms with Gasteiger partial charge in [-0.3, -0.25) is 0 Å². The van der Waals surface area contributed by atoms with Gasteiger partial charge in [0, 0.05) is 26.6 Å². The van der Waals surface area contributed by atoms with Crippen LogP contribution in [0.1, 0.15) is 22.3 Å². The molecule has 0 spiro atoms. The van der Waals surface area contributed by atoms with Gasteiger partial charge in [0.2, 0.25) is 0 Å². The Kier molecular flexibility index (Phi) is 8.33. The van der Waals surface area contributed by atoms with E-state index in [0.717, 1.165) is 17.1 Å². The van der Waals surface area contributed by atoms with E-state index in [1.54, 1.807) is 0 Å². The van der Waals surface area contributed by atoms with E-state index < -0.39 is 5.41 Å². The third-order valence-electron chi connectivity index (χ3n) is 12.7. The average Bonchev–Trinajstić information content (AvgIpc) is 3.86. The number of rotatable bonds is 7. The third-order valence-corrected chi connectivity index (χ3v) is 13.9. The molecule has 1 aromatic heterocycles. The van der Waals surface area contributed by atoms with Crippen LogP contribution in [0.4, 0.5) is 17.1 Å². The number of anilines is 3. The number of thiophene rings is 1. The molecule has 0 radical (unpaired) electrons. The third kappa shape index (κ3) is 5.75. The zero-order valence-electron chi connectivity index (χ0n) is 33.4. The molecule has 286 valence electrons. The van der Waals surface area contributed by atoms with Crippen molar-refractivity contribution in [3.8, 4) is 32.7 Å². The van der Waals surface area contributed by atoms with Crippen molar-refractivity contribution < 1.29 is 0 Å². The summed E-state index contributed by atoms with van der Waals surface area (Å²) in [6, 6.07) is 87.1. The molecule has 61 heavy (non-hydrogen) atoms. The standard InChI is InChI=1S/C59H39NS/c1-3-17-48(18-4-1)59(49-19-5-2-6-20-49)55-39-47(31-36-53(55)58-57(59)54-21-11-12-22-56(54)61-58)44-25-23-42(24-26-44)43-27-32-50(33-28-43)60(51-34-29-40-13-7-9-15-45(40)37-51)52-35-30-41-14-8-10-16-46(41)38-52/h1-39H. The molecule has 2 heteroatoms. The first kappa shape index (κ1) is 35.4. The Labute approximate surface area is 360 Å². The van der Waals surface area contributed by atoms with Crippen molar-refractivity contribution in [1.82, 2.24) is 0 Å². The lowest BCUT2D eigenvalue weighted by Gasteiger charge is -2.34. The Balaban J connectivity index is 0.924. The van der Waals surface area contributed by atoms with Crippen LogP contribution >= 0.6 is 11.3 Å². The van der Waals surface area contributed by atoms with Gasteiger partial charge in [-0.05, 0) is 126 Å². The molecule has 10 aromatic carbocycles. The van der Waals surface area contributed by atoms with Crippen LogP contribution in [0, 0.1) is 0 Å². The summed E-state index contributed by atoms with van der Waals surface area (Å²) < 4.78 is 1.33. The highest BCUT2D eigenvalue weighted by molar-refractivity contribution is 7.22. The molecule has 1 nitrogen and oxygen atoms in total. The van der Waals surface area contributed by atoms with Crippen molar-refractivity contribution >= 4 is 60.0 Å². The number of nitrogens with zero attached hydrogens (tertiary/aromatic N) is 1. The van der Waals surface area contributed by atoms with Crippen LogP contribution in [0.2, 0.25) is 0 Å². The van der Waals surface area contributed by atoms with E-state index in [1.807, 2.05) is 11.3 Å². The van der Waals surface area contributed by atoms with Crippen molar-refractivity contribution in [3.05, 3.63) is 259 Å². The van der Waals surface area contributed by atoms with Crippen molar-refractivity contribution in [2.75, 3.05) is 4.90 Å². The smallest absolute Gasteiger partial charge is 0.0728 e. The molecule has 0 saturated carbocycles. The molecule has 11 aromatic rings. The SMILES string of the molecule is c1ccc(C2(c3ccccc3)c3cc(-c4ccc(-c5ccc(N(c6ccc7ccccc7c6)c6ccc7ccccc7c6)cc5)cc4)ccc3-c3sc4ccccc4c32)cc1. The minimum absolute atomic E-state index is 0.446. The van der Waals surface area contributed by atoms with E-state index in [2.05, 4.69) is 241 Å². The van der Waals surface area contributed by atoms with Crippen LogP contribution in [0.25, 0.3) is 64.3 Å². The summed E-state index contributed by atoms with van der Waals surface area (Å²) in [6.07, 6.45) is 0. The fraction of sp³-hybridized carbons (Fsp3) is 0.0169. The summed E-state index contributed by atoms with van der Waals surface area (Å²) in [4.78, 5) is 3.74. The molecule has 0 saturated heterocycles. The molecule has 1 heterocycles. The number of benzene rings is 10. The molecule has 0 atom stereocenters. The molecule has 0 bridgehead atoms. The average molecular weight is 794 g/mol. The molecular formula is C59H39NS. The first-order valence-electron chi connectivity index (χ1n) is 21.0. The normalized spacial score (nSPS) is 12.7. The van der Waals surface area contributed by atoms with Gasteiger partial charge in [-0.25, -0.2) is 0 Å². The van der Waals surface area contributed by atoms with Gasteiger partial charge in [0.05, 0.1) is 5.41 Å². The Morgan fingerprint density at radius 3 is 1.39 bits per heavy atom. The highest BCUT2D eigenvalue weighted by Crippen LogP contribution is 2.61. The number of hydrogen-bond acceptors (Lipinski definition) is 2. The van der Waals surface area contributed by atoms with Crippen molar-refractivity contribution in [2.24, 2.45) is 0 Å². The van der Waals surface area contributed by atoms with Gasteiger partial charge in [0.25, 0.3) is 0 Å². The van der Waals surface area contributed by atoms with Gasteiger partial charge in [-0.1, -0.05) is 188 Å². The predicted molar refractivity (Wildman–Crippen MR) is 260 cm³/mol. The van der Waals surface area contributed by atoms with Crippen LogP contribution in [0.15, 0.2) is 237 Å². The lowest BCUT2D eigenvalue weighted by molar-refractivity contribution is 0.777. The van der Waals surface area contributed by atoms with Gasteiger partial charge in [-0.15, -0.1) is 11.3 Å². The van der Waals surface area contributed by atoms with E-state index in [4.69, 9.17) is 0 Å². The van der Waals surface area contributed by atoms with Crippen LogP contribution in [-0.2, 0) is 5.41 Å². The largest absolute Gasteiger partial charge is 0.310 e. The van der Waals surface area contributed by atoms with Gasteiger partial charge >= 0.3 is 0 Å². The highest BCUT2D eigenvalue weighted by atomic mass is 32.1. The summed E-state index contributed by atoms with van der Waals surface area (Å²) in [6.45, 7) is 0. The second-order valence-electron chi connectivity index (χ2n) is 16.1. The zero-order chi connectivity index (χ0) is 40.3. The molecule has 12 rings (SSSR count). The van der Waals surface area contributed by atoms with E-state index >= 15 is 0 Å². The maximum Gasteiger partial charge on any atom is 0.0728 e. The number of hydrogen-bond donors (Lipinski definition) is 0. The lowest BCUT2D eigenvalue weighted by atomic mass is 9.67. The Morgan fingerprint density at radius 2 is 0.803 bits per heavy atom. The minimum Gasteiger partial charge on any atom is -0.310 e. The van der Waals surface area contributed by atoms with E-state index in [-0.39, 0.29) is 0 Å². The first-order chi connectivity index (χ1) is 30.2. The van der Waals surface area contributed by atoms with E-state index in [0.29, 0.717) is 0 Å². The molecule has 0 fully saturated rings.